The van der Waals surface area contributed by atoms with Crippen molar-refractivity contribution in [1.82, 2.24) is 10.1 Å². The fraction of sp³-hybridized carbons (Fsp3) is 0.333. The van der Waals surface area contributed by atoms with Crippen LogP contribution in [0.5, 0.6) is 11.6 Å². The maximum absolute atomic E-state index is 13.4. The number of anilines is 1. The summed E-state index contributed by atoms with van der Waals surface area (Å²) in [5.41, 5.74) is 2.52. The van der Waals surface area contributed by atoms with Gasteiger partial charge in [0, 0.05) is 22.8 Å². The maximum Gasteiger partial charge on any atom is 0.293 e. The molecule has 1 aliphatic heterocycles. The van der Waals surface area contributed by atoms with Crippen molar-refractivity contribution < 1.29 is 19.3 Å². The van der Waals surface area contributed by atoms with Crippen LogP contribution in [-0.2, 0) is 4.79 Å². The Balaban J connectivity index is 1.68. The average Bonchev–Trinajstić information content (AvgIpc) is 3.39. The molecule has 2 heterocycles. The molecule has 0 spiro atoms. The second kappa shape index (κ2) is 10.1. The minimum Gasteiger partial charge on any atom is -0.854 e. The molecular weight excluding hydrogens is 460 g/mol. The van der Waals surface area contributed by atoms with Gasteiger partial charge >= 0.3 is 0 Å². The van der Waals surface area contributed by atoms with Crippen LogP contribution in [-0.4, -0.2) is 27.8 Å². The van der Waals surface area contributed by atoms with Crippen LogP contribution in [0.2, 0.25) is 0 Å². The lowest BCUT2D eigenvalue weighted by molar-refractivity contribution is -0.764. The van der Waals surface area contributed by atoms with E-state index in [1.807, 2.05) is 55.5 Å². The third kappa shape index (κ3) is 4.50. The first-order valence-corrected chi connectivity index (χ1v) is 13.0. The number of hydrogen-bond acceptors (Lipinski definition) is 6. The van der Waals surface area contributed by atoms with E-state index in [0.717, 1.165) is 24.2 Å². The Hall–Kier alpha value is -3.39. The van der Waals surface area contributed by atoms with Crippen LogP contribution >= 0.6 is 11.8 Å². The maximum atomic E-state index is 13.4. The highest BCUT2D eigenvalue weighted by Gasteiger charge is 2.44. The second-order valence-corrected chi connectivity index (χ2v) is 9.68. The number of fused-ring (bicyclic) bond motifs is 3. The molecule has 1 saturated carbocycles. The van der Waals surface area contributed by atoms with Crippen molar-refractivity contribution in [3.63, 3.8) is 0 Å². The standard InChI is InChI=1S/C27H28N4O3S/c1-3-16-35-27-28-25(33)24-21-14-7-8-15-22(21)30(23(32)4-2)26(31(24)29-27)18-10-9-13-20(17-18)34-19-11-5-6-12-19/h3,7-10,13-15,17,19,26H,1,4-6,11-12,16H2,2H3. The number of amides is 1. The van der Waals surface area contributed by atoms with Gasteiger partial charge in [0.15, 0.2) is 0 Å². The number of benzene rings is 2. The van der Waals surface area contributed by atoms with E-state index in [9.17, 15) is 9.90 Å². The summed E-state index contributed by atoms with van der Waals surface area (Å²) in [5, 5.41) is 18.4. The summed E-state index contributed by atoms with van der Waals surface area (Å²) in [6.45, 7) is 5.59. The number of carbonyl (C=O) groups is 1. The molecule has 1 unspecified atom stereocenters. The molecule has 3 aromatic rings. The Kier molecular flexibility index (Phi) is 6.72. The van der Waals surface area contributed by atoms with E-state index in [1.165, 1.54) is 24.6 Å². The number of hydrogen-bond donors (Lipinski definition) is 0. The van der Waals surface area contributed by atoms with Crippen LogP contribution < -0.4 is 19.4 Å². The van der Waals surface area contributed by atoms with Crippen molar-refractivity contribution in [2.45, 2.75) is 56.5 Å². The Morgan fingerprint density at radius 1 is 1.26 bits per heavy atom. The molecule has 1 aromatic heterocycles. The molecule has 0 saturated heterocycles. The normalized spacial score (nSPS) is 17.1. The van der Waals surface area contributed by atoms with Crippen molar-refractivity contribution in [3.8, 4) is 22.9 Å². The van der Waals surface area contributed by atoms with Gasteiger partial charge in [-0.15, -0.1) is 6.58 Å². The fourth-order valence-corrected chi connectivity index (χ4v) is 5.38. The molecule has 7 nitrogen and oxygen atoms in total. The summed E-state index contributed by atoms with van der Waals surface area (Å²) in [6, 6.07) is 15.2. The van der Waals surface area contributed by atoms with Gasteiger partial charge in [0.05, 0.1) is 23.2 Å². The Bertz CT molecular complexity index is 1260. The lowest BCUT2D eigenvalue weighted by atomic mass is 10.0. The van der Waals surface area contributed by atoms with Gasteiger partial charge in [0.2, 0.25) is 5.91 Å². The fourth-order valence-electron chi connectivity index (χ4n) is 4.82. The Labute approximate surface area is 209 Å². The van der Waals surface area contributed by atoms with E-state index in [2.05, 4.69) is 11.6 Å². The third-order valence-corrected chi connectivity index (χ3v) is 7.21. The molecule has 0 N–H and O–H groups in total. The van der Waals surface area contributed by atoms with Gasteiger partial charge in [-0.25, -0.2) is 9.88 Å². The first-order valence-electron chi connectivity index (χ1n) is 12.0. The molecule has 2 aliphatic rings. The highest BCUT2D eigenvalue weighted by molar-refractivity contribution is 7.99. The number of ether oxygens (including phenoxy) is 1. The SMILES string of the molecule is C=CCSc1nc([O-])c2[n+](n1)C(c1cccc(OC3CCCC3)c1)N(C(=O)CC)c1ccccc1-2. The monoisotopic (exact) mass is 488 g/mol. The van der Waals surface area contributed by atoms with E-state index in [1.54, 1.807) is 15.7 Å². The number of rotatable bonds is 7. The van der Waals surface area contributed by atoms with Crippen molar-refractivity contribution >= 4 is 23.4 Å². The van der Waals surface area contributed by atoms with E-state index >= 15 is 0 Å². The van der Waals surface area contributed by atoms with Gasteiger partial charge in [-0.2, -0.15) is 0 Å². The summed E-state index contributed by atoms with van der Waals surface area (Å²) in [7, 11) is 0. The van der Waals surface area contributed by atoms with Gasteiger partial charge in [-0.05, 0) is 56.0 Å². The minimum atomic E-state index is -0.641. The highest BCUT2D eigenvalue weighted by atomic mass is 32.2. The predicted octanol–water partition coefficient (Wildman–Crippen LogP) is 4.41. The lowest BCUT2D eigenvalue weighted by Crippen LogP contribution is -2.59. The number of para-hydroxylation sites is 1. The first-order chi connectivity index (χ1) is 17.1. The van der Waals surface area contributed by atoms with E-state index in [-0.39, 0.29) is 17.9 Å². The number of carbonyl (C=O) groups excluding carboxylic acids is 1. The molecule has 0 radical (unpaired) electrons. The first kappa shape index (κ1) is 23.4. The summed E-state index contributed by atoms with van der Waals surface area (Å²) in [6.07, 6.45) is 6.09. The lowest BCUT2D eigenvalue weighted by Gasteiger charge is -2.33. The van der Waals surface area contributed by atoms with Crippen molar-refractivity contribution in [2.75, 3.05) is 10.7 Å². The summed E-state index contributed by atoms with van der Waals surface area (Å²) in [5.74, 6) is 0.902. The highest BCUT2D eigenvalue weighted by Crippen LogP contribution is 2.41. The molecule has 5 rings (SSSR count). The summed E-state index contributed by atoms with van der Waals surface area (Å²) >= 11 is 1.34. The number of aromatic nitrogens is 3. The zero-order valence-electron chi connectivity index (χ0n) is 19.7. The summed E-state index contributed by atoms with van der Waals surface area (Å²) < 4.78 is 7.92. The van der Waals surface area contributed by atoms with Crippen LogP contribution in [0.3, 0.4) is 0 Å². The topological polar surface area (TPSA) is 82.3 Å². The van der Waals surface area contributed by atoms with Gasteiger partial charge in [0.25, 0.3) is 17.0 Å². The molecule has 1 atom stereocenters. The van der Waals surface area contributed by atoms with Crippen LogP contribution in [0, 0.1) is 0 Å². The zero-order chi connectivity index (χ0) is 24.4. The summed E-state index contributed by atoms with van der Waals surface area (Å²) in [4.78, 5) is 19.3. The number of nitrogens with zero attached hydrogens (tertiary/aromatic N) is 4. The molecule has 1 aliphatic carbocycles. The average molecular weight is 489 g/mol. The Morgan fingerprint density at radius 3 is 2.83 bits per heavy atom. The van der Waals surface area contributed by atoms with Gasteiger partial charge in [-0.1, -0.05) is 47.6 Å². The van der Waals surface area contributed by atoms with E-state index < -0.39 is 6.17 Å². The Morgan fingerprint density at radius 2 is 2.06 bits per heavy atom. The molecule has 8 heteroatoms. The van der Waals surface area contributed by atoms with Crippen LogP contribution in [0.15, 0.2) is 66.3 Å². The van der Waals surface area contributed by atoms with E-state index in [0.29, 0.717) is 34.3 Å². The molecular formula is C27H28N4O3S. The molecule has 180 valence electrons. The largest absolute Gasteiger partial charge is 0.854 e. The second-order valence-electron chi connectivity index (χ2n) is 8.70. The van der Waals surface area contributed by atoms with Crippen molar-refractivity contribution in [3.05, 3.63) is 66.7 Å². The third-order valence-electron chi connectivity index (χ3n) is 6.38. The molecule has 1 fully saturated rings. The molecule has 0 bridgehead atoms. The zero-order valence-corrected chi connectivity index (χ0v) is 20.5. The van der Waals surface area contributed by atoms with Gasteiger partial charge in [-0.3, -0.25) is 4.79 Å². The van der Waals surface area contributed by atoms with Gasteiger partial charge < -0.3 is 9.84 Å². The predicted molar refractivity (Wildman–Crippen MR) is 133 cm³/mol. The van der Waals surface area contributed by atoms with Crippen molar-refractivity contribution in [2.24, 2.45) is 0 Å². The quantitative estimate of drug-likeness (QED) is 0.278. The van der Waals surface area contributed by atoms with Crippen LogP contribution in [0.25, 0.3) is 11.3 Å². The molecule has 35 heavy (non-hydrogen) atoms. The number of thioether (sulfide) groups is 1. The van der Waals surface area contributed by atoms with Crippen molar-refractivity contribution in [1.29, 1.82) is 0 Å². The van der Waals surface area contributed by atoms with E-state index in [4.69, 9.17) is 9.84 Å². The van der Waals surface area contributed by atoms with Gasteiger partial charge in [0.1, 0.15) is 5.75 Å². The van der Waals surface area contributed by atoms with Crippen LogP contribution in [0.4, 0.5) is 5.69 Å². The smallest absolute Gasteiger partial charge is 0.293 e. The molecule has 1 amide bonds. The molecule has 2 aromatic carbocycles. The van der Waals surface area contributed by atoms with Crippen LogP contribution in [0.1, 0.15) is 50.8 Å². The minimum absolute atomic E-state index is 0.0610.